The Morgan fingerprint density at radius 2 is 2.04 bits per heavy atom. The standard InChI is InChI=1S/C19H33N5O2.HI/c1-4-19(2)16(25)24(18(26)23-19)14-8-12-21-17(20-3)22-13-11-15-9-6-5-7-10-15;/h9H,4-8,10-14H2,1-3H3,(H,23,26)(H2,20,21,22);1H. The third-order valence-electron chi connectivity index (χ3n) is 5.25. The van der Waals surface area contributed by atoms with Crippen molar-refractivity contribution in [3.05, 3.63) is 11.6 Å². The molecule has 3 N–H and O–H groups in total. The highest BCUT2D eigenvalue weighted by Gasteiger charge is 2.45. The van der Waals surface area contributed by atoms with Crippen LogP contribution in [-0.2, 0) is 4.79 Å². The molecular weight excluding hydrogens is 457 g/mol. The average molecular weight is 491 g/mol. The molecule has 27 heavy (non-hydrogen) atoms. The van der Waals surface area contributed by atoms with Crippen LogP contribution in [0.15, 0.2) is 16.6 Å². The van der Waals surface area contributed by atoms with E-state index >= 15 is 0 Å². The molecule has 1 aliphatic carbocycles. The van der Waals surface area contributed by atoms with Gasteiger partial charge in [-0.2, -0.15) is 0 Å². The van der Waals surface area contributed by atoms with Crippen LogP contribution in [0.3, 0.4) is 0 Å². The lowest BCUT2D eigenvalue weighted by molar-refractivity contribution is -0.130. The van der Waals surface area contributed by atoms with Crippen LogP contribution in [0.25, 0.3) is 0 Å². The number of rotatable bonds is 8. The van der Waals surface area contributed by atoms with Gasteiger partial charge in [0.1, 0.15) is 5.54 Å². The molecule has 154 valence electrons. The van der Waals surface area contributed by atoms with Crippen molar-refractivity contribution in [1.82, 2.24) is 20.9 Å². The van der Waals surface area contributed by atoms with Gasteiger partial charge in [0.25, 0.3) is 5.91 Å². The summed E-state index contributed by atoms with van der Waals surface area (Å²) in [6, 6.07) is -0.289. The first-order valence-electron chi connectivity index (χ1n) is 9.76. The third kappa shape index (κ3) is 6.65. The largest absolute Gasteiger partial charge is 0.356 e. The molecule has 0 aromatic carbocycles. The molecule has 0 bridgehead atoms. The minimum absolute atomic E-state index is 0. The van der Waals surface area contributed by atoms with Crippen LogP contribution in [0, 0.1) is 0 Å². The van der Waals surface area contributed by atoms with Gasteiger partial charge in [-0.1, -0.05) is 18.6 Å². The van der Waals surface area contributed by atoms with Crippen molar-refractivity contribution in [1.29, 1.82) is 0 Å². The number of aliphatic imine (C=N–C) groups is 1. The first-order valence-corrected chi connectivity index (χ1v) is 9.76. The van der Waals surface area contributed by atoms with E-state index in [1.54, 1.807) is 14.0 Å². The Bertz CT molecular complexity index is 578. The second-order valence-electron chi connectivity index (χ2n) is 7.21. The SMILES string of the molecule is CCC1(C)NC(=O)N(CCCNC(=NC)NCCC2=CCCCC2)C1=O.I. The summed E-state index contributed by atoms with van der Waals surface area (Å²) in [7, 11) is 1.75. The molecule has 8 heteroatoms. The number of carbonyl (C=O) groups excluding carboxylic acids is 2. The van der Waals surface area contributed by atoms with Gasteiger partial charge in [0.05, 0.1) is 0 Å². The lowest BCUT2D eigenvalue weighted by Crippen LogP contribution is -2.43. The van der Waals surface area contributed by atoms with Gasteiger partial charge in [-0.05, 0) is 51.9 Å². The van der Waals surface area contributed by atoms with E-state index in [0.717, 1.165) is 18.9 Å². The topological polar surface area (TPSA) is 85.8 Å². The minimum Gasteiger partial charge on any atom is -0.356 e. The maximum Gasteiger partial charge on any atom is 0.325 e. The number of nitrogens with one attached hydrogen (secondary N) is 3. The summed E-state index contributed by atoms with van der Waals surface area (Å²) in [5.74, 6) is 0.630. The second-order valence-corrected chi connectivity index (χ2v) is 7.21. The van der Waals surface area contributed by atoms with Gasteiger partial charge in [-0.3, -0.25) is 14.7 Å². The van der Waals surface area contributed by atoms with Crippen molar-refractivity contribution >= 4 is 41.9 Å². The van der Waals surface area contributed by atoms with Gasteiger partial charge in [-0.25, -0.2) is 4.79 Å². The maximum absolute atomic E-state index is 12.3. The molecule has 0 aromatic rings. The van der Waals surface area contributed by atoms with Gasteiger partial charge < -0.3 is 16.0 Å². The summed E-state index contributed by atoms with van der Waals surface area (Å²) in [5.41, 5.74) is 0.785. The van der Waals surface area contributed by atoms with Gasteiger partial charge in [0.15, 0.2) is 5.96 Å². The van der Waals surface area contributed by atoms with Gasteiger partial charge >= 0.3 is 6.03 Å². The zero-order chi connectivity index (χ0) is 19.0. The summed E-state index contributed by atoms with van der Waals surface area (Å²) in [6.45, 7) is 5.62. The number of halogens is 1. The highest BCUT2D eigenvalue weighted by Crippen LogP contribution is 2.21. The van der Waals surface area contributed by atoms with Crippen molar-refractivity contribution in [3.63, 3.8) is 0 Å². The van der Waals surface area contributed by atoms with Crippen LogP contribution in [0.1, 0.15) is 58.8 Å². The minimum atomic E-state index is -0.754. The molecule has 0 saturated carbocycles. The van der Waals surface area contributed by atoms with Crippen LogP contribution in [0.5, 0.6) is 0 Å². The van der Waals surface area contributed by atoms with Crippen LogP contribution in [0.2, 0.25) is 0 Å². The van der Waals surface area contributed by atoms with Crippen LogP contribution < -0.4 is 16.0 Å². The number of imide groups is 1. The monoisotopic (exact) mass is 491 g/mol. The fourth-order valence-electron chi connectivity index (χ4n) is 3.33. The molecule has 1 atom stereocenters. The molecule has 1 aliphatic heterocycles. The van der Waals surface area contributed by atoms with E-state index in [1.165, 1.54) is 36.2 Å². The summed E-state index contributed by atoms with van der Waals surface area (Å²) in [5, 5.41) is 9.34. The number of allylic oxidation sites excluding steroid dienone is 1. The van der Waals surface area contributed by atoms with Gasteiger partial charge in [-0.15, -0.1) is 24.0 Å². The predicted octanol–water partition coefficient (Wildman–Crippen LogP) is 2.77. The molecule has 1 fully saturated rings. The van der Waals surface area contributed by atoms with Gasteiger partial charge in [0, 0.05) is 26.7 Å². The zero-order valence-corrected chi connectivity index (χ0v) is 19.1. The molecule has 1 heterocycles. The second kappa shape index (κ2) is 11.5. The van der Waals surface area contributed by atoms with Crippen molar-refractivity contribution < 1.29 is 9.59 Å². The molecular formula is C19H34IN5O2. The number of nitrogens with zero attached hydrogens (tertiary/aromatic N) is 2. The number of hydrogen-bond acceptors (Lipinski definition) is 3. The molecule has 0 radical (unpaired) electrons. The quantitative estimate of drug-likeness (QED) is 0.122. The summed E-state index contributed by atoms with van der Waals surface area (Å²) in [4.78, 5) is 29.8. The fraction of sp³-hybridized carbons (Fsp3) is 0.737. The molecule has 0 aromatic heterocycles. The van der Waals surface area contributed by atoms with Crippen molar-refractivity contribution in [3.8, 4) is 0 Å². The van der Waals surface area contributed by atoms with E-state index in [0.29, 0.717) is 25.9 Å². The van der Waals surface area contributed by atoms with Crippen LogP contribution in [0.4, 0.5) is 4.79 Å². The number of guanidine groups is 1. The molecule has 3 amide bonds. The first-order chi connectivity index (χ1) is 12.5. The normalized spacial score (nSPS) is 22.9. The Morgan fingerprint density at radius 1 is 1.30 bits per heavy atom. The summed E-state index contributed by atoms with van der Waals surface area (Å²) >= 11 is 0. The van der Waals surface area contributed by atoms with Crippen LogP contribution >= 0.6 is 24.0 Å². The molecule has 1 unspecified atom stereocenters. The average Bonchev–Trinajstić information content (AvgIpc) is 2.87. The molecule has 2 aliphatic rings. The van der Waals surface area contributed by atoms with E-state index in [9.17, 15) is 9.59 Å². The lowest BCUT2D eigenvalue weighted by Gasteiger charge is -2.19. The molecule has 0 spiro atoms. The third-order valence-corrected chi connectivity index (χ3v) is 5.25. The van der Waals surface area contributed by atoms with E-state index in [1.807, 2.05) is 6.92 Å². The fourth-order valence-corrected chi connectivity index (χ4v) is 3.33. The Hall–Kier alpha value is -1.32. The number of hydrogen-bond donors (Lipinski definition) is 3. The number of urea groups is 1. The van der Waals surface area contributed by atoms with E-state index < -0.39 is 5.54 Å². The Balaban J connectivity index is 0.00000364. The summed E-state index contributed by atoms with van der Waals surface area (Å²) in [6.07, 6.45) is 9.75. The smallest absolute Gasteiger partial charge is 0.325 e. The first kappa shape index (κ1) is 23.7. The molecule has 2 rings (SSSR count). The van der Waals surface area contributed by atoms with E-state index in [-0.39, 0.29) is 35.9 Å². The number of amides is 3. The number of carbonyl (C=O) groups is 2. The molecule has 1 saturated heterocycles. The maximum atomic E-state index is 12.3. The highest BCUT2D eigenvalue weighted by atomic mass is 127. The zero-order valence-electron chi connectivity index (χ0n) is 16.8. The molecule has 7 nitrogen and oxygen atoms in total. The Morgan fingerprint density at radius 3 is 2.63 bits per heavy atom. The van der Waals surface area contributed by atoms with Crippen molar-refractivity contribution in [2.45, 2.75) is 64.3 Å². The van der Waals surface area contributed by atoms with Crippen LogP contribution in [-0.4, -0.2) is 55.0 Å². The van der Waals surface area contributed by atoms with Crippen molar-refractivity contribution in [2.24, 2.45) is 4.99 Å². The highest BCUT2D eigenvalue weighted by molar-refractivity contribution is 14.0. The van der Waals surface area contributed by atoms with E-state index in [2.05, 4.69) is 27.0 Å². The van der Waals surface area contributed by atoms with Gasteiger partial charge in [0.2, 0.25) is 0 Å². The lowest BCUT2D eigenvalue weighted by atomic mass is 9.97. The van der Waals surface area contributed by atoms with E-state index in [4.69, 9.17) is 0 Å². The Labute approximate surface area is 179 Å². The van der Waals surface area contributed by atoms with Crippen molar-refractivity contribution in [2.75, 3.05) is 26.7 Å². The Kier molecular flexibility index (Phi) is 10.1. The summed E-state index contributed by atoms with van der Waals surface area (Å²) < 4.78 is 0. The predicted molar refractivity (Wildman–Crippen MR) is 120 cm³/mol.